The van der Waals surface area contributed by atoms with Gasteiger partial charge < -0.3 is 15.8 Å². The molecule has 17 heavy (non-hydrogen) atoms. The number of anilines is 2. The summed E-state index contributed by atoms with van der Waals surface area (Å²) in [5.41, 5.74) is 8.22. The first kappa shape index (κ1) is 12.1. The van der Waals surface area contributed by atoms with Crippen molar-refractivity contribution in [1.82, 2.24) is 0 Å². The van der Waals surface area contributed by atoms with Gasteiger partial charge in [0.25, 0.3) is 0 Å². The molecular weight excluding hydrogens is 212 g/mol. The second-order valence-corrected chi connectivity index (χ2v) is 5.46. The van der Waals surface area contributed by atoms with Crippen LogP contribution < -0.4 is 15.8 Å². The van der Waals surface area contributed by atoms with Crippen LogP contribution in [0.4, 0.5) is 11.4 Å². The van der Waals surface area contributed by atoms with Crippen LogP contribution in [0.2, 0.25) is 0 Å². The van der Waals surface area contributed by atoms with Gasteiger partial charge in [-0.25, -0.2) is 0 Å². The molecule has 3 heteroatoms. The summed E-state index contributed by atoms with van der Waals surface area (Å²) in [7, 11) is 0. The van der Waals surface area contributed by atoms with Crippen molar-refractivity contribution in [2.45, 2.75) is 39.7 Å². The lowest BCUT2D eigenvalue weighted by Gasteiger charge is -2.14. The lowest BCUT2D eigenvalue weighted by atomic mass is 10.2. The van der Waals surface area contributed by atoms with Crippen LogP contribution in [0, 0.1) is 5.41 Å². The molecule has 0 spiro atoms. The van der Waals surface area contributed by atoms with Gasteiger partial charge in [0, 0.05) is 6.04 Å². The zero-order valence-electron chi connectivity index (χ0n) is 10.9. The van der Waals surface area contributed by atoms with Gasteiger partial charge in [0.2, 0.25) is 0 Å². The number of para-hydroxylation sites is 1. The molecule has 0 aromatic heterocycles. The van der Waals surface area contributed by atoms with E-state index in [1.807, 2.05) is 18.2 Å². The highest BCUT2D eigenvalue weighted by molar-refractivity contribution is 5.73. The van der Waals surface area contributed by atoms with E-state index in [0.29, 0.717) is 18.1 Å². The summed E-state index contributed by atoms with van der Waals surface area (Å²) in [5, 5.41) is 3.49. The molecule has 1 saturated carbocycles. The van der Waals surface area contributed by atoms with Gasteiger partial charge in [0.1, 0.15) is 5.75 Å². The Kier molecular flexibility index (Phi) is 3.18. The van der Waals surface area contributed by atoms with Crippen molar-refractivity contribution < 1.29 is 4.74 Å². The maximum atomic E-state index is 6.10. The standard InChI is InChI=1S/C14H22N2O/c1-4-8-17-11-7-5-6-10(13(11)15)16-12-9-14(12,2)3/h5-7,12,16H,4,8-9,15H2,1-3H3. The Morgan fingerprint density at radius 3 is 2.76 bits per heavy atom. The van der Waals surface area contributed by atoms with E-state index in [1.54, 1.807) is 0 Å². The number of benzene rings is 1. The van der Waals surface area contributed by atoms with Crippen molar-refractivity contribution in [2.75, 3.05) is 17.7 Å². The maximum Gasteiger partial charge on any atom is 0.144 e. The second kappa shape index (κ2) is 4.47. The van der Waals surface area contributed by atoms with Crippen LogP contribution in [-0.4, -0.2) is 12.6 Å². The lowest BCUT2D eigenvalue weighted by Crippen LogP contribution is -2.10. The molecule has 1 fully saturated rings. The third-order valence-corrected chi connectivity index (χ3v) is 3.37. The van der Waals surface area contributed by atoms with Gasteiger partial charge in [0.05, 0.1) is 18.0 Å². The minimum Gasteiger partial charge on any atom is -0.491 e. The van der Waals surface area contributed by atoms with Crippen LogP contribution in [0.25, 0.3) is 0 Å². The van der Waals surface area contributed by atoms with Gasteiger partial charge in [-0.15, -0.1) is 0 Å². The molecule has 1 atom stereocenters. The molecule has 0 saturated heterocycles. The first-order chi connectivity index (χ1) is 8.04. The summed E-state index contributed by atoms with van der Waals surface area (Å²) < 4.78 is 5.62. The number of hydrogen-bond donors (Lipinski definition) is 2. The van der Waals surface area contributed by atoms with Crippen molar-refractivity contribution in [1.29, 1.82) is 0 Å². The van der Waals surface area contributed by atoms with Crippen LogP contribution in [-0.2, 0) is 0 Å². The SMILES string of the molecule is CCCOc1cccc(NC2CC2(C)C)c1N. The molecule has 1 aromatic rings. The molecule has 3 N–H and O–H groups in total. The maximum absolute atomic E-state index is 6.10. The molecule has 3 nitrogen and oxygen atoms in total. The zero-order valence-corrected chi connectivity index (χ0v) is 10.9. The summed E-state index contributed by atoms with van der Waals surface area (Å²) in [6.45, 7) is 7.32. The smallest absolute Gasteiger partial charge is 0.144 e. The number of nitrogen functional groups attached to an aromatic ring is 1. The number of nitrogens with two attached hydrogens (primary N) is 1. The average Bonchev–Trinajstić information content (AvgIpc) is 2.87. The molecule has 0 aliphatic heterocycles. The van der Waals surface area contributed by atoms with E-state index >= 15 is 0 Å². The van der Waals surface area contributed by atoms with Gasteiger partial charge in [-0.1, -0.05) is 26.8 Å². The quantitative estimate of drug-likeness (QED) is 0.769. The Bertz CT molecular complexity index is 401. The second-order valence-electron chi connectivity index (χ2n) is 5.46. The van der Waals surface area contributed by atoms with Crippen LogP contribution in [0.3, 0.4) is 0 Å². The van der Waals surface area contributed by atoms with E-state index in [-0.39, 0.29) is 0 Å². The molecule has 0 amide bonds. The summed E-state index contributed by atoms with van der Waals surface area (Å²) in [4.78, 5) is 0. The average molecular weight is 234 g/mol. The predicted octanol–water partition coefficient (Wildman–Crippen LogP) is 3.27. The normalized spacial score (nSPS) is 21.0. The Balaban J connectivity index is 2.07. The molecule has 94 valence electrons. The summed E-state index contributed by atoms with van der Waals surface area (Å²) >= 11 is 0. The first-order valence-corrected chi connectivity index (χ1v) is 6.32. The van der Waals surface area contributed by atoms with Crippen LogP contribution in [0.1, 0.15) is 33.6 Å². The topological polar surface area (TPSA) is 47.3 Å². The van der Waals surface area contributed by atoms with Crippen molar-refractivity contribution in [3.05, 3.63) is 18.2 Å². The van der Waals surface area contributed by atoms with E-state index in [4.69, 9.17) is 10.5 Å². The Hall–Kier alpha value is -1.38. The molecular formula is C14H22N2O. The minimum atomic E-state index is 0.396. The van der Waals surface area contributed by atoms with Crippen molar-refractivity contribution in [2.24, 2.45) is 5.41 Å². The molecule has 1 aromatic carbocycles. The van der Waals surface area contributed by atoms with E-state index in [0.717, 1.165) is 23.5 Å². The fraction of sp³-hybridized carbons (Fsp3) is 0.571. The third kappa shape index (κ3) is 2.65. The zero-order chi connectivity index (χ0) is 12.5. The molecule has 1 unspecified atom stereocenters. The third-order valence-electron chi connectivity index (χ3n) is 3.37. The largest absolute Gasteiger partial charge is 0.491 e. The molecule has 1 aliphatic rings. The van der Waals surface area contributed by atoms with Gasteiger partial charge in [-0.05, 0) is 30.4 Å². The fourth-order valence-corrected chi connectivity index (χ4v) is 1.91. The van der Waals surface area contributed by atoms with E-state index in [2.05, 4.69) is 26.1 Å². The van der Waals surface area contributed by atoms with E-state index in [9.17, 15) is 0 Å². The highest BCUT2D eigenvalue weighted by Crippen LogP contribution is 2.47. The fourth-order valence-electron chi connectivity index (χ4n) is 1.91. The van der Waals surface area contributed by atoms with Gasteiger partial charge in [-0.3, -0.25) is 0 Å². The number of hydrogen-bond acceptors (Lipinski definition) is 3. The monoisotopic (exact) mass is 234 g/mol. The highest BCUT2D eigenvalue weighted by Gasteiger charge is 2.45. The molecule has 0 radical (unpaired) electrons. The van der Waals surface area contributed by atoms with Crippen LogP contribution >= 0.6 is 0 Å². The van der Waals surface area contributed by atoms with Crippen molar-refractivity contribution >= 4 is 11.4 Å². The van der Waals surface area contributed by atoms with E-state index < -0.39 is 0 Å². The van der Waals surface area contributed by atoms with Crippen LogP contribution in [0.15, 0.2) is 18.2 Å². The molecule has 0 bridgehead atoms. The lowest BCUT2D eigenvalue weighted by molar-refractivity contribution is 0.319. The minimum absolute atomic E-state index is 0.396. The number of nitrogens with one attached hydrogen (secondary N) is 1. The number of ether oxygens (including phenoxy) is 1. The Morgan fingerprint density at radius 2 is 2.18 bits per heavy atom. The summed E-state index contributed by atoms with van der Waals surface area (Å²) in [5.74, 6) is 0.787. The van der Waals surface area contributed by atoms with Crippen molar-refractivity contribution in [3.8, 4) is 5.75 Å². The van der Waals surface area contributed by atoms with E-state index in [1.165, 1.54) is 6.42 Å². The molecule has 1 aliphatic carbocycles. The van der Waals surface area contributed by atoms with Crippen molar-refractivity contribution in [3.63, 3.8) is 0 Å². The Labute approximate surface area is 103 Å². The Morgan fingerprint density at radius 1 is 1.47 bits per heavy atom. The first-order valence-electron chi connectivity index (χ1n) is 6.32. The summed E-state index contributed by atoms with van der Waals surface area (Å²) in [6.07, 6.45) is 2.19. The van der Waals surface area contributed by atoms with Crippen LogP contribution in [0.5, 0.6) is 5.75 Å². The van der Waals surface area contributed by atoms with Gasteiger partial charge >= 0.3 is 0 Å². The number of rotatable bonds is 5. The molecule has 2 rings (SSSR count). The highest BCUT2D eigenvalue weighted by atomic mass is 16.5. The predicted molar refractivity (Wildman–Crippen MR) is 72.4 cm³/mol. The summed E-state index contributed by atoms with van der Waals surface area (Å²) in [6, 6.07) is 6.46. The molecule has 0 heterocycles. The van der Waals surface area contributed by atoms with Gasteiger partial charge in [-0.2, -0.15) is 0 Å². The van der Waals surface area contributed by atoms with Gasteiger partial charge in [0.15, 0.2) is 0 Å².